The number of benzene rings is 3. The molecule has 2 fully saturated rings. The van der Waals surface area contributed by atoms with Gasteiger partial charge in [-0.25, -0.2) is 22.9 Å². The number of nitrogens with zero attached hydrogens (tertiary/aromatic N) is 4. The Morgan fingerprint density at radius 1 is 1.03 bits per heavy atom. The number of carbonyl (C=O) groups excluding carboxylic acids is 4. The van der Waals surface area contributed by atoms with Crippen molar-refractivity contribution in [1.82, 2.24) is 29.7 Å². The van der Waals surface area contributed by atoms with Gasteiger partial charge in [0.2, 0.25) is 17.7 Å². The Labute approximate surface area is 366 Å². The van der Waals surface area contributed by atoms with Crippen LogP contribution in [0.4, 0.5) is 4.79 Å². The third-order valence-corrected chi connectivity index (χ3v) is 12.6. The molecular formula is C46H52N6O10S. The number of sulfonamides is 1. The number of methoxy groups -OCH3 is 1. The first-order valence-electron chi connectivity index (χ1n) is 20.2. The maximum Gasteiger partial charge on any atom is 0.408 e. The van der Waals surface area contributed by atoms with Crippen LogP contribution < -0.4 is 19.5 Å². The molecule has 5 amide bonds. The van der Waals surface area contributed by atoms with Gasteiger partial charge in [-0.3, -0.25) is 24.1 Å². The summed E-state index contributed by atoms with van der Waals surface area (Å²) in [6.07, 6.45) is -1.01. The molecular weight excluding hydrogens is 829 g/mol. The van der Waals surface area contributed by atoms with E-state index in [1.807, 2.05) is 30.3 Å². The SMILES string of the molecule is C=C[C@@H]1C[C@]1(NC(=O)[C@@H]1C[C@@H](Oc2cc(-c3ccccc3)nc3cc(OC)ccc23)CN1C(=O)[C@H](CN(C)C(=O)C(=C)C)N(C(=O)O)C(C)(C)C)C(=O)NS(=O)(=O)c1ccccc1. The molecule has 3 aromatic carbocycles. The van der Waals surface area contributed by atoms with E-state index in [9.17, 15) is 32.7 Å². The molecule has 2 aliphatic rings. The van der Waals surface area contributed by atoms with E-state index in [2.05, 4.69) is 23.2 Å². The minimum Gasteiger partial charge on any atom is -0.497 e. The first kappa shape index (κ1) is 45.8. The summed E-state index contributed by atoms with van der Waals surface area (Å²) in [4.78, 5) is 77.9. The Balaban J connectivity index is 1.41. The highest BCUT2D eigenvalue weighted by Crippen LogP contribution is 2.45. The monoisotopic (exact) mass is 880 g/mol. The number of amides is 5. The van der Waals surface area contributed by atoms with Crippen LogP contribution in [0.25, 0.3) is 22.2 Å². The molecule has 63 heavy (non-hydrogen) atoms. The number of likely N-dealkylation sites (tertiary alicyclic amines) is 1. The number of fused-ring (bicyclic) bond motifs is 1. The Hall–Kier alpha value is -6.75. The van der Waals surface area contributed by atoms with Gasteiger partial charge in [-0.2, -0.15) is 0 Å². The van der Waals surface area contributed by atoms with E-state index in [0.29, 0.717) is 28.1 Å². The van der Waals surface area contributed by atoms with E-state index in [1.165, 1.54) is 61.2 Å². The highest BCUT2D eigenvalue weighted by molar-refractivity contribution is 7.90. The molecule has 1 aliphatic carbocycles. The van der Waals surface area contributed by atoms with Crippen LogP contribution in [0.5, 0.6) is 11.5 Å². The lowest BCUT2D eigenvalue weighted by molar-refractivity contribution is -0.145. The van der Waals surface area contributed by atoms with Crippen molar-refractivity contribution in [3.05, 3.63) is 110 Å². The van der Waals surface area contributed by atoms with Gasteiger partial charge >= 0.3 is 6.09 Å². The number of aromatic nitrogens is 1. The van der Waals surface area contributed by atoms with Gasteiger partial charge in [0.1, 0.15) is 35.2 Å². The molecule has 3 N–H and O–H groups in total. The lowest BCUT2D eigenvalue weighted by Gasteiger charge is -2.42. The van der Waals surface area contributed by atoms with Gasteiger partial charge in [0.15, 0.2) is 0 Å². The summed E-state index contributed by atoms with van der Waals surface area (Å²) in [6.45, 7) is 13.2. The molecule has 0 spiro atoms. The maximum atomic E-state index is 15.1. The third kappa shape index (κ3) is 9.68. The average Bonchev–Trinajstić information content (AvgIpc) is 3.81. The van der Waals surface area contributed by atoms with Crippen LogP contribution in [0.15, 0.2) is 115 Å². The molecule has 1 saturated carbocycles. The Morgan fingerprint density at radius 3 is 2.25 bits per heavy atom. The van der Waals surface area contributed by atoms with Crippen molar-refractivity contribution in [2.75, 3.05) is 27.2 Å². The molecule has 6 rings (SSSR count). The average molecular weight is 881 g/mol. The van der Waals surface area contributed by atoms with Crippen molar-refractivity contribution in [1.29, 1.82) is 0 Å². The summed E-state index contributed by atoms with van der Waals surface area (Å²) in [5, 5.41) is 13.9. The molecule has 1 aromatic heterocycles. The van der Waals surface area contributed by atoms with E-state index >= 15 is 4.79 Å². The van der Waals surface area contributed by atoms with Crippen LogP contribution in [0.3, 0.4) is 0 Å². The standard InChI is InChI=1S/C46H52N6O10S/c1-9-30-25-46(30,43(56)49-63(59,60)33-18-14-11-15-19-33)48-40(53)37-23-32(26-51(37)42(55)38(27-50(7)41(54)28(2)3)52(44(57)58)45(4,5)6)62-39-24-35(29-16-12-10-13-17-29)47-36-22-31(61-8)20-21-34(36)39/h9-22,24,30,32,37-38H,1-2,23,25-27H2,3-8H3,(H,48,53)(H,49,56)(H,57,58)/t30-,32-,37+,38+,46-/m1/s1. The molecule has 17 heteroatoms. The Bertz CT molecular complexity index is 2560. The van der Waals surface area contributed by atoms with Gasteiger partial charge < -0.3 is 29.7 Å². The smallest absolute Gasteiger partial charge is 0.408 e. The van der Waals surface area contributed by atoms with Gasteiger partial charge in [-0.05, 0) is 58.4 Å². The van der Waals surface area contributed by atoms with Crippen molar-refractivity contribution >= 4 is 50.6 Å². The number of carboxylic acid groups (broad SMARTS) is 1. The zero-order valence-corrected chi connectivity index (χ0v) is 36.8. The third-order valence-electron chi connectivity index (χ3n) is 11.2. The highest BCUT2D eigenvalue weighted by Gasteiger charge is 2.61. The number of hydrogen-bond donors (Lipinski definition) is 3. The van der Waals surface area contributed by atoms with E-state index in [1.54, 1.807) is 51.1 Å². The summed E-state index contributed by atoms with van der Waals surface area (Å²) in [5.41, 5.74) is -0.855. The van der Waals surface area contributed by atoms with E-state index in [4.69, 9.17) is 14.5 Å². The van der Waals surface area contributed by atoms with E-state index < -0.39 is 81.5 Å². The van der Waals surface area contributed by atoms with Crippen molar-refractivity contribution in [3.63, 3.8) is 0 Å². The number of pyridine rings is 1. The number of rotatable bonds is 15. The van der Waals surface area contributed by atoms with Crippen LogP contribution in [0.1, 0.15) is 40.5 Å². The van der Waals surface area contributed by atoms with Gasteiger partial charge in [0.05, 0.1) is 36.3 Å². The van der Waals surface area contributed by atoms with Crippen LogP contribution in [0, 0.1) is 5.92 Å². The summed E-state index contributed by atoms with van der Waals surface area (Å²) in [7, 11) is -1.40. The molecule has 332 valence electrons. The number of likely N-dealkylation sites (N-methyl/N-ethyl adjacent to an activating group) is 1. The summed E-state index contributed by atoms with van der Waals surface area (Å²) in [5.74, 6) is -2.89. The van der Waals surface area contributed by atoms with Crippen LogP contribution in [-0.4, -0.2) is 119 Å². The normalized spacial score (nSPS) is 19.9. The predicted molar refractivity (Wildman–Crippen MR) is 235 cm³/mol. The molecule has 0 unspecified atom stereocenters. The highest BCUT2D eigenvalue weighted by atomic mass is 32.2. The summed E-state index contributed by atoms with van der Waals surface area (Å²) >= 11 is 0. The van der Waals surface area contributed by atoms with Gasteiger partial charge in [-0.15, -0.1) is 6.58 Å². The van der Waals surface area contributed by atoms with Crippen molar-refractivity contribution in [3.8, 4) is 22.8 Å². The summed E-state index contributed by atoms with van der Waals surface area (Å²) in [6, 6.07) is 20.8. The predicted octanol–water partition coefficient (Wildman–Crippen LogP) is 5.01. The van der Waals surface area contributed by atoms with Crippen LogP contribution in [-0.2, 0) is 29.2 Å². The first-order chi connectivity index (χ1) is 29.7. The molecule has 2 heterocycles. The fourth-order valence-corrected chi connectivity index (χ4v) is 9.00. The largest absolute Gasteiger partial charge is 0.497 e. The molecule has 16 nitrogen and oxygen atoms in total. The number of ether oxygens (including phenoxy) is 2. The number of hydrogen-bond acceptors (Lipinski definition) is 10. The van der Waals surface area contributed by atoms with Crippen molar-refractivity contribution in [2.24, 2.45) is 5.92 Å². The second-order valence-corrected chi connectivity index (χ2v) is 18.5. The van der Waals surface area contributed by atoms with Crippen LogP contribution in [0.2, 0.25) is 0 Å². The van der Waals surface area contributed by atoms with E-state index in [-0.39, 0.29) is 29.9 Å². The molecule has 4 aromatic rings. The van der Waals surface area contributed by atoms with Crippen LogP contribution >= 0.6 is 0 Å². The minimum atomic E-state index is -4.35. The minimum absolute atomic E-state index is 0.0148. The lowest BCUT2D eigenvalue weighted by Crippen LogP contribution is -2.63. The van der Waals surface area contributed by atoms with Gasteiger partial charge in [-0.1, -0.05) is 61.2 Å². The molecule has 0 radical (unpaired) electrons. The molecule has 0 bridgehead atoms. The second kappa shape index (κ2) is 17.9. The zero-order valence-electron chi connectivity index (χ0n) is 36.0. The second-order valence-electron chi connectivity index (χ2n) is 16.8. The Kier molecular flexibility index (Phi) is 13.0. The lowest BCUT2D eigenvalue weighted by atomic mass is 10.0. The zero-order chi connectivity index (χ0) is 46.0. The molecule has 1 saturated heterocycles. The first-order valence-corrected chi connectivity index (χ1v) is 21.7. The topological polar surface area (TPSA) is 205 Å². The number of nitrogens with one attached hydrogen (secondary N) is 2. The quantitative estimate of drug-likeness (QED) is 0.107. The fourth-order valence-electron chi connectivity index (χ4n) is 7.94. The molecule has 1 aliphatic heterocycles. The Morgan fingerprint density at radius 2 is 1.68 bits per heavy atom. The number of carbonyl (C=O) groups is 5. The summed E-state index contributed by atoms with van der Waals surface area (Å²) < 4.78 is 40.8. The van der Waals surface area contributed by atoms with Gasteiger partial charge in [0, 0.05) is 53.6 Å². The maximum absolute atomic E-state index is 15.1. The fraction of sp³-hybridized carbons (Fsp3) is 0.348. The van der Waals surface area contributed by atoms with Gasteiger partial charge in [0.25, 0.3) is 15.9 Å². The van der Waals surface area contributed by atoms with Crippen molar-refractivity contribution < 1.29 is 47.0 Å². The molecule has 5 atom stereocenters. The van der Waals surface area contributed by atoms with E-state index in [0.717, 1.165) is 10.5 Å². The van der Waals surface area contributed by atoms with Crippen molar-refractivity contribution in [2.45, 2.75) is 74.7 Å².